The summed E-state index contributed by atoms with van der Waals surface area (Å²) in [6.07, 6.45) is 1.19. The van der Waals surface area contributed by atoms with Crippen molar-refractivity contribution in [3.05, 3.63) is 45.5 Å². The first-order valence-electron chi connectivity index (χ1n) is 7.89. The molecule has 27 heavy (non-hydrogen) atoms. The van der Waals surface area contributed by atoms with E-state index in [2.05, 4.69) is 11.9 Å². The van der Waals surface area contributed by atoms with Gasteiger partial charge in [0.2, 0.25) is 0 Å². The van der Waals surface area contributed by atoms with E-state index < -0.39 is 34.3 Å². The van der Waals surface area contributed by atoms with Crippen LogP contribution in [-0.2, 0) is 4.74 Å². The van der Waals surface area contributed by atoms with Gasteiger partial charge in [0, 0.05) is 6.07 Å². The van der Waals surface area contributed by atoms with E-state index in [1.165, 1.54) is 0 Å². The highest BCUT2D eigenvalue weighted by atomic mass is 35.5. The van der Waals surface area contributed by atoms with Crippen LogP contribution < -0.4 is 10.1 Å². The minimum Gasteiger partial charge on any atom is -0.490 e. The van der Waals surface area contributed by atoms with Crippen LogP contribution in [0, 0.1) is 10.1 Å². The van der Waals surface area contributed by atoms with Crippen molar-refractivity contribution < 1.29 is 29.1 Å². The van der Waals surface area contributed by atoms with E-state index in [0.717, 1.165) is 12.1 Å². The number of carbonyl (C=O) groups excluding carboxylic acids is 1. The number of alkyl carbamates (subject to hydrolysis) is 1. The number of nitro groups is 1. The lowest BCUT2D eigenvalue weighted by molar-refractivity contribution is -0.384. The predicted molar refractivity (Wildman–Crippen MR) is 98.5 cm³/mol. The molecular formula is C17H21ClN2O7. The molecule has 1 atom stereocenters. The molecule has 0 radical (unpaired) electrons. The second-order valence-corrected chi connectivity index (χ2v) is 6.93. The Bertz CT molecular complexity index is 744. The molecule has 0 aliphatic carbocycles. The number of nitro benzene ring substituents is 1. The summed E-state index contributed by atoms with van der Waals surface area (Å²) in [6, 6.07) is 1.36. The van der Waals surface area contributed by atoms with Crippen molar-refractivity contribution in [3.63, 3.8) is 0 Å². The van der Waals surface area contributed by atoms with E-state index in [-0.39, 0.29) is 22.9 Å². The van der Waals surface area contributed by atoms with Crippen LogP contribution in [0.5, 0.6) is 5.75 Å². The first kappa shape index (κ1) is 22.2. The Morgan fingerprint density at radius 3 is 2.56 bits per heavy atom. The van der Waals surface area contributed by atoms with Gasteiger partial charge in [0.05, 0.1) is 16.5 Å². The fourth-order valence-corrected chi connectivity index (χ4v) is 2.21. The largest absolute Gasteiger partial charge is 0.490 e. The molecule has 2 N–H and O–H groups in total. The van der Waals surface area contributed by atoms with E-state index in [1.54, 1.807) is 26.8 Å². The van der Waals surface area contributed by atoms with Crippen molar-refractivity contribution in [3.8, 4) is 5.75 Å². The number of nitrogens with zero attached hydrogens (tertiary/aromatic N) is 1. The number of carboxylic acid groups (broad SMARTS) is 1. The summed E-state index contributed by atoms with van der Waals surface area (Å²) in [4.78, 5) is 33.3. The van der Waals surface area contributed by atoms with Gasteiger partial charge in [-0.1, -0.05) is 17.7 Å². The summed E-state index contributed by atoms with van der Waals surface area (Å²) in [5.74, 6) is -1.54. The third kappa shape index (κ3) is 7.14. The Labute approximate surface area is 161 Å². The smallest absolute Gasteiger partial charge is 0.408 e. The van der Waals surface area contributed by atoms with E-state index in [4.69, 9.17) is 26.2 Å². The van der Waals surface area contributed by atoms with Gasteiger partial charge in [-0.25, -0.2) is 9.59 Å². The number of halogens is 1. The molecule has 0 aliphatic heterocycles. The average molecular weight is 401 g/mol. The summed E-state index contributed by atoms with van der Waals surface area (Å²) >= 11 is 5.94. The standard InChI is InChI=1S/C17H21ClN2O7/c1-5-6-11(19-16(23)27-17(2,3)4)9-26-13-8-10(15(21)22)7-12(14(13)18)20(24)25/h5,7-8,11H,1,6,9H2,2-4H3,(H,19,23)(H,21,22)/t11-/m0/s1. The van der Waals surface area contributed by atoms with Gasteiger partial charge in [-0.05, 0) is 33.3 Å². The summed E-state index contributed by atoms with van der Waals surface area (Å²) in [7, 11) is 0. The zero-order chi connectivity index (χ0) is 20.8. The van der Waals surface area contributed by atoms with E-state index in [9.17, 15) is 19.7 Å². The minimum atomic E-state index is -1.37. The molecule has 0 aliphatic rings. The molecule has 0 heterocycles. The Morgan fingerprint density at radius 2 is 2.07 bits per heavy atom. The fraction of sp³-hybridized carbons (Fsp3) is 0.412. The third-order valence-corrected chi connectivity index (χ3v) is 3.46. The number of rotatable bonds is 8. The molecule has 0 unspecified atom stereocenters. The molecule has 0 bridgehead atoms. The van der Waals surface area contributed by atoms with Crippen LogP contribution in [0.2, 0.25) is 5.02 Å². The summed E-state index contributed by atoms with van der Waals surface area (Å²) < 4.78 is 10.6. The number of benzene rings is 1. The summed E-state index contributed by atoms with van der Waals surface area (Å²) in [6.45, 7) is 8.59. The van der Waals surface area contributed by atoms with E-state index in [1.807, 2.05) is 0 Å². The van der Waals surface area contributed by atoms with Crippen LogP contribution in [0.4, 0.5) is 10.5 Å². The summed E-state index contributed by atoms with van der Waals surface area (Å²) in [5.41, 5.74) is -1.63. The van der Waals surface area contributed by atoms with Crippen LogP contribution in [0.3, 0.4) is 0 Å². The highest BCUT2D eigenvalue weighted by molar-refractivity contribution is 6.34. The number of carboxylic acids is 1. The lowest BCUT2D eigenvalue weighted by Gasteiger charge is -2.23. The van der Waals surface area contributed by atoms with E-state index >= 15 is 0 Å². The van der Waals surface area contributed by atoms with Crippen LogP contribution in [0.15, 0.2) is 24.8 Å². The predicted octanol–water partition coefficient (Wildman–Crippen LogP) is 3.79. The minimum absolute atomic E-state index is 0.134. The number of carbonyl (C=O) groups is 2. The lowest BCUT2D eigenvalue weighted by atomic mass is 10.2. The topological polar surface area (TPSA) is 128 Å². The SMILES string of the molecule is C=CC[C@@H](COc1cc(C(=O)O)cc([N+](=O)[O-])c1Cl)NC(=O)OC(C)(C)C. The molecule has 1 aromatic rings. The van der Waals surface area contributed by atoms with Gasteiger partial charge in [0.15, 0.2) is 5.02 Å². The molecule has 1 rings (SSSR count). The lowest BCUT2D eigenvalue weighted by Crippen LogP contribution is -2.41. The van der Waals surface area contributed by atoms with Crippen LogP contribution in [0.25, 0.3) is 0 Å². The fourth-order valence-electron chi connectivity index (χ4n) is 1.98. The Balaban J connectivity index is 2.97. The maximum Gasteiger partial charge on any atom is 0.408 e. The number of nitrogens with one attached hydrogen (secondary N) is 1. The van der Waals surface area contributed by atoms with Crippen molar-refractivity contribution in [1.82, 2.24) is 5.32 Å². The number of amides is 1. The van der Waals surface area contributed by atoms with Gasteiger partial charge in [0.25, 0.3) is 5.69 Å². The van der Waals surface area contributed by atoms with Gasteiger partial charge in [-0.2, -0.15) is 0 Å². The number of hydrogen-bond donors (Lipinski definition) is 2. The van der Waals surface area contributed by atoms with Gasteiger partial charge in [0.1, 0.15) is 18.0 Å². The molecule has 10 heteroatoms. The second-order valence-electron chi connectivity index (χ2n) is 6.55. The van der Waals surface area contributed by atoms with Crippen molar-refractivity contribution in [2.24, 2.45) is 0 Å². The van der Waals surface area contributed by atoms with Crippen molar-refractivity contribution in [2.45, 2.75) is 38.8 Å². The summed E-state index contributed by atoms with van der Waals surface area (Å²) in [5, 5.41) is 22.4. The van der Waals surface area contributed by atoms with E-state index in [0.29, 0.717) is 6.42 Å². The molecule has 148 valence electrons. The van der Waals surface area contributed by atoms with Gasteiger partial charge in [-0.15, -0.1) is 6.58 Å². The zero-order valence-corrected chi connectivity index (χ0v) is 15.9. The maximum absolute atomic E-state index is 11.9. The quantitative estimate of drug-likeness (QED) is 0.385. The Hall–Kier alpha value is -2.81. The second kappa shape index (κ2) is 9.22. The van der Waals surface area contributed by atoms with Crippen molar-refractivity contribution >= 4 is 29.4 Å². The highest BCUT2D eigenvalue weighted by Gasteiger charge is 2.23. The molecular weight excluding hydrogens is 380 g/mol. The third-order valence-electron chi connectivity index (χ3n) is 3.08. The first-order chi connectivity index (χ1) is 12.4. The number of hydrogen-bond acceptors (Lipinski definition) is 6. The molecule has 0 saturated carbocycles. The average Bonchev–Trinajstić information content (AvgIpc) is 2.51. The normalized spacial score (nSPS) is 12.0. The van der Waals surface area contributed by atoms with Crippen LogP contribution in [-0.4, -0.2) is 40.3 Å². The molecule has 1 amide bonds. The molecule has 0 saturated heterocycles. The molecule has 9 nitrogen and oxygen atoms in total. The monoisotopic (exact) mass is 400 g/mol. The molecule has 1 aromatic carbocycles. The Morgan fingerprint density at radius 1 is 1.44 bits per heavy atom. The van der Waals surface area contributed by atoms with Crippen molar-refractivity contribution in [1.29, 1.82) is 0 Å². The molecule has 0 spiro atoms. The molecule has 0 aromatic heterocycles. The maximum atomic E-state index is 11.9. The number of aromatic carboxylic acids is 1. The number of ether oxygens (including phenoxy) is 2. The van der Waals surface area contributed by atoms with Crippen LogP contribution in [0.1, 0.15) is 37.6 Å². The Kier molecular flexibility index (Phi) is 7.59. The van der Waals surface area contributed by atoms with Crippen molar-refractivity contribution in [2.75, 3.05) is 6.61 Å². The van der Waals surface area contributed by atoms with Crippen LogP contribution >= 0.6 is 11.6 Å². The van der Waals surface area contributed by atoms with Gasteiger partial charge < -0.3 is 19.9 Å². The van der Waals surface area contributed by atoms with Gasteiger partial charge in [-0.3, -0.25) is 10.1 Å². The van der Waals surface area contributed by atoms with Gasteiger partial charge >= 0.3 is 12.1 Å². The molecule has 0 fully saturated rings. The highest BCUT2D eigenvalue weighted by Crippen LogP contribution is 2.35. The first-order valence-corrected chi connectivity index (χ1v) is 8.26. The zero-order valence-electron chi connectivity index (χ0n) is 15.2.